The Morgan fingerprint density at radius 2 is 1.94 bits per heavy atom. The molecule has 0 radical (unpaired) electrons. The van der Waals surface area contributed by atoms with Crippen molar-refractivity contribution in [2.75, 3.05) is 18.5 Å². The van der Waals surface area contributed by atoms with Gasteiger partial charge in [-0.2, -0.15) is 5.10 Å². The topological polar surface area (TPSA) is 85.2 Å². The van der Waals surface area contributed by atoms with Gasteiger partial charge in [-0.05, 0) is 56.3 Å². The van der Waals surface area contributed by atoms with Gasteiger partial charge >= 0.3 is 0 Å². The second-order valence-corrected chi connectivity index (χ2v) is 8.06. The minimum absolute atomic E-state index is 0.0965. The average molecular weight is 453 g/mol. The molecule has 2 aromatic carbocycles. The van der Waals surface area contributed by atoms with Crippen molar-refractivity contribution in [3.05, 3.63) is 71.0 Å². The molecule has 0 saturated heterocycles. The number of anilines is 1. The smallest absolute Gasteiger partial charge is 0.265 e. The zero-order chi connectivity index (χ0) is 22.7. The van der Waals surface area contributed by atoms with Gasteiger partial charge in [-0.15, -0.1) is 11.3 Å². The monoisotopic (exact) mass is 452 g/mol. The fraction of sp³-hybridized carbons (Fsp3) is 0.174. The Hall–Kier alpha value is -3.72. The van der Waals surface area contributed by atoms with Crippen molar-refractivity contribution in [1.29, 1.82) is 0 Å². The number of fused-ring (bicyclic) bond motifs is 1. The molecule has 0 aliphatic rings. The van der Waals surface area contributed by atoms with E-state index in [1.165, 1.54) is 23.5 Å². The summed E-state index contributed by atoms with van der Waals surface area (Å²) < 4.78 is 20.5. The van der Waals surface area contributed by atoms with E-state index < -0.39 is 0 Å². The lowest BCUT2D eigenvalue weighted by Gasteiger charge is -2.08. The van der Waals surface area contributed by atoms with Crippen LogP contribution in [0.4, 0.5) is 10.1 Å². The Balaban J connectivity index is 1.52. The summed E-state index contributed by atoms with van der Waals surface area (Å²) in [5, 5.41) is 10.9. The maximum atomic E-state index is 13.3. The summed E-state index contributed by atoms with van der Waals surface area (Å²) in [5.41, 5.74) is 2.05. The van der Waals surface area contributed by atoms with Gasteiger partial charge in [0, 0.05) is 23.7 Å². The number of aryl methyl sites for hydroxylation is 1. The standard InChI is InChI=1S/C23H21FN4O3S/c1-3-25-21(29)13-31-18-6-4-5-16(11-18)26-22(30)20-12-19-14(2)27-28(23(19)32-20)17-9-7-15(24)8-10-17/h4-12H,3,13H2,1-2H3,(H,25,29)(H,26,30). The van der Waals surface area contributed by atoms with Gasteiger partial charge in [-0.25, -0.2) is 9.07 Å². The fourth-order valence-corrected chi connectivity index (χ4v) is 4.25. The van der Waals surface area contributed by atoms with Gasteiger partial charge in [0.15, 0.2) is 6.61 Å². The van der Waals surface area contributed by atoms with Gasteiger partial charge in [-0.3, -0.25) is 9.59 Å². The molecule has 2 heterocycles. The van der Waals surface area contributed by atoms with Crippen molar-refractivity contribution in [3.8, 4) is 11.4 Å². The number of ether oxygens (including phenoxy) is 1. The van der Waals surface area contributed by atoms with Crippen molar-refractivity contribution in [2.24, 2.45) is 0 Å². The highest BCUT2D eigenvalue weighted by Gasteiger charge is 2.17. The van der Waals surface area contributed by atoms with E-state index in [2.05, 4.69) is 15.7 Å². The Labute approximate surface area is 187 Å². The van der Waals surface area contributed by atoms with Crippen molar-refractivity contribution < 1.29 is 18.7 Å². The van der Waals surface area contributed by atoms with Gasteiger partial charge in [0.2, 0.25) is 0 Å². The van der Waals surface area contributed by atoms with Gasteiger partial charge < -0.3 is 15.4 Å². The van der Waals surface area contributed by atoms with E-state index >= 15 is 0 Å². The molecule has 0 bridgehead atoms. The summed E-state index contributed by atoms with van der Waals surface area (Å²) >= 11 is 1.31. The lowest BCUT2D eigenvalue weighted by molar-refractivity contribution is -0.122. The van der Waals surface area contributed by atoms with Crippen LogP contribution in [0.2, 0.25) is 0 Å². The molecule has 0 saturated carbocycles. The number of hydrogen-bond acceptors (Lipinski definition) is 5. The van der Waals surface area contributed by atoms with Crippen molar-refractivity contribution in [2.45, 2.75) is 13.8 Å². The number of nitrogens with zero attached hydrogens (tertiary/aromatic N) is 2. The summed E-state index contributed by atoms with van der Waals surface area (Å²) in [6, 6.07) is 14.7. The highest BCUT2D eigenvalue weighted by molar-refractivity contribution is 7.20. The summed E-state index contributed by atoms with van der Waals surface area (Å²) in [6.45, 7) is 4.14. The van der Waals surface area contributed by atoms with Gasteiger partial charge in [-0.1, -0.05) is 6.07 Å². The number of carbonyl (C=O) groups excluding carboxylic acids is 2. The van der Waals surface area contributed by atoms with Crippen LogP contribution < -0.4 is 15.4 Å². The van der Waals surface area contributed by atoms with Crippen LogP contribution >= 0.6 is 11.3 Å². The summed E-state index contributed by atoms with van der Waals surface area (Å²) in [7, 11) is 0. The maximum Gasteiger partial charge on any atom is 0.265 e. The van der Waals surface area contributed by atoms with Crippen LogP contribution in [0.15, 0.2) is 54.6 Å². The lowest BCUT2D eigenvalue weighted by atomic mass is 10.2. The third-order valence-electron chi connectivity index (χ3n) is 4.68. The lowest BCUT2D eigenvalue weighted by Crippen LogP contribution is -2.28. The largest absolute Gasteiger partial charge is 0.484 e. The van der Waals surface area contributed by atoms with Crippen LogP contribution in [0.3, 0.4) is 0 Å². The molecule has 2 amide bonds. The fourth-order valence-electron chi connectivity index (χ4n) is 3.17. The van der Waals surface area contributed by atoms with Crippen LogP contribution in [0.25, 0.3) is 15.9 Å². The third-order valence-corrected chi connectivity index (χ3v) is 5.78. The second kappa shape index (κ2) is 9.19. The van der Waals surface area contributed by atoms with Gasteiger partial charge in [0.05, 0.1) is 16.3 Å². The van der Waals surface area contributed by atoms with Crippen LogP contribution in [0, 0.1) is 12.7 Å². The number of benzene rings is 2. The van der Waals surface area contributed by atoms with Crippen molar-refractivity contribution in [3.63, 3.8) is 0 Å². The molecule has 7 nitrogen and oxygen atoms in total. The molecule has 0 aliphatic carbocycles. The molecule has 0 atom stereocenters. The number of thiophene rings is 1. The number of hydrogen-bond donors (Lipinski definition) is 2. The zero-order valence-corrected chi connectivity index (χ0v) is 18.3. The zero-order valence-electron chi connectivity index (χ0n) is 17.5. The molecule has 32 heavy (non-hydrogen) atoms. The molecule has 0 fully saturated rings. The SMILES string of the molecule is CCNC(=O)COc1cccc(NC(=O)c2cc3c(C)nn(-c4ccc(F)cc4)c3s2)c1. The Kier molecular flexibility index (Phi) is 6.18. The minimum Gasteiger partial charge on any atom is -0.484 e. The van der Waals surface area contributed by atoms with Crippen LogP contribution in [0.5, 0.6) is 5.75 Å². The number of rotatable bonds is 7. The Morgan fingerprint density at radius 3 is 2.69 bits per heavy atom. The van der Waals surface area contributed by atoms with Gasteiger partial charge in [0.25, 0.3) is 11.8 Å². The summed E-state index contributed by atoms with van der Waals surface area (Å²) in [4.78, 5) is 25.8. The number of likely N-dealkylation sites (N-methyl/N-ethyl adjacent to an activating group) is 1. The van der Waals surface area contributed by atoms with E-state index in [1.807, 2.05) is 13.8 Å². The Morgan fingerprint density at radius 1 is 1.16 bits per heavy atom. The molecule has 0 spiro atoms. The predicted molar refractivity (Wildman–Crippen MR) is 122 cm³/mol. The number of amides is 2. The van der Waals surface area contributed by atoms with E-state index in [9.17, 15) is 14.0 Å². The number of aromatic nitrogens is 2. The number of halogens is 1. The highest BCUT2D eigenvalue weighted by Crippen LogP contribution is 2.31. The number of nitrogens with one attached hydrogen (secondary N) is 2. The van der Waals surface area contributed by atoms with E-state index in [1.54, 1.807) is 47.1 Å². The van der Waals surface area contributed by atoms with E-state index in [4.69, 9.17) is 4.74 Å². The molecular formula is C23H21FN4O3S. The van der Waals surface area contributed by atoms with E-state index in [0.29, 0.717) is 22.9 Å². The summed E-state index contributed by atoms with van der Waals surface area (Å²) in [5.74, 6) is -0.319. The van der Waals surface area contributed by atoms with Crippen molar-refractivity contribution in [1.82, 2.24) is 15.1 Å². The van der Waals surface area contributed by atoms with Crippen LogP contribution in [-0.4, -0.2) is 34.7 Å². The molecule has 0 aliphatic heterocycles. The van der Waals surface area contributed by atoms with Gasteiger partial charge in [0.1, 0.15) is 16.4 Å². The quantitative estimate of drug-likeness (QED) is 0.438. The molecule has 2 aromatic heterocycles. The normalized spacial score (nSPS) is 10.8. The second-order valence-electron chi connectivity index (χ2n) is 7.03. The average Bonchev–Trinajstić information content (AvgIpc) is 3.34. The maximum absolute atomic E-state index is 13.3. The molecule has 164 valence electrons. The molecular weight excluding hydrogens is 431 g/mol. The first-order valence-corrected chi connectivity index (χ1v) is 10.8. The van der Waals surface area contributed by atoms with Crippen LogP contribution in [-0.2, 0) is 4.79 Å². The third kappa shape index (κ3) is 4.62. The molecule has 9 heteroatoms. The molecule has 4 aromatic rings. The van der Waals surface area contributed by atoms with E-state index in [0.717, 1.165) is 21.6 Å². The van der Waals surface area contributed by atoms with Crippen molar-refractivity contribution >= 4 is 39.1 Å². The first-order valence-electron chi connectivity index (χ1n) is 10.0. The predicted octanol–water partition coefficient (Wildman–Crippen LogP) is 4.30. The first kappa shape index (κ1) is 21.5. The molecule has 4 rings (SSSR count). The van der Waals surface area contributed by atoms with Crippen LogP contribution in [0.1, 0.15) is 22.3 Å². The summed E-state index contributed by atoms with van der Waals surface area (Å²) in [6.07, 6.45) is 0. The molecule has 0 unspecified atom stereocenters. The minimum atomic E-state index is -0.322. The number of carbonyl (C=O) groups is 2. The Bertz CT molecular complexity index is 1280. The highest BCUT2D eigenvalue weighted by atomic mass is 32.1. The molecule has 2 N–H and O–H groups in total. The first-order chi connectivity index (χ1) is 15.4. The van der Waals surface area contributed by atoms with E-state index in [-0.39, 0.29) is 24.2 Å².